The van der Waals surface area contributed by atoms with Crippen LogP contribution in [0.25, 0.3) is 0 Å². The predicted molar refractivity (Wildman–Crippen MR) is 77.2 cm³/mol. The SMILES string of the molecule is Cc1ccc([C@H](N)C2CCOCC2)c(O)c1[N+](=O)[O-].Cl. The Morgan fingerprint density at radius 3 is 2.60 bits per heavy atom. The summed E-state index contributed by atoms with van der Waals surface area (Å²) in [6, 6.07) is 2.91. The van der Waals surface area contributed by atoms with Gasteiger partial charge in [0.15, 0.2) is 5.75 Å². The molecule has 20 heavy (non-hydrogen) atoms. The van der Waals surface area contributed by atoms with Crippen LogP contribution in [-0.4, -0.2) is 23.2 Å². The molecule has 1 atom stereocenters. The van der Waals surface area contributed by atoms with E-state index in [1.165, 1.54) is 0 Å². The van der Waals surface area contributed by atoms with Crippen molar-refractivity contribution >= 4 is 18.1 Å². The molecule has 0 unspecified atom stereocenters. The lowest BCUT2D eigenvalue weighted by Gasteiger charge is -2.28. The number of nitrogens with two attached hydrogens (primary N) is 1. The Morgan fingerprint density at radius 1 is 1.45 bits per heavy atom. The summed E-state index contributed by atoms with van der Waals surface area (Å²) < 4.78 is 5.27. The van der Waals surface area contributed by atoms with Crippen LogP contribution in [0.3, 0.4) is 0 Å². The smallest absolute Gasteiger partial charge is 0.313 e. The normalized spacial score (nSPS) is 17.3. The number of phenols is 1. The molecular formula is C13H19ClN2O4. The average molecular weight is 303 g/mol. The van der Waals surface area contributed by atoms with E-state index in [0.29, 0.717) is 24.3 Å². The second kappa shape index (κ2) is 6.88. The topological polar surface area (TPSA) is 98.6 Å². The predicted octanol–water partition coefficient (Wildman–Crippen LogP) is 2.46. The molecule has 0 amide bonds. The summed E-state index contributed by atoms with van der Waals surface area (Å²) in [5.74, 6) is -0.119. The molecule has 112 valence electrons. The number of rotatable bonds is 3. The molecule has 6 nitrogen and oxygen atoms in total. The zero-order chi connectivity index (χ0) is 14.0. The van der Waals surface area contributed by atoms with Gasteiger partial charge in [-0.25, -0.2) is 0 Å². The van der Waals surface area contributed by atoms with Gasteiger partial charge in [0.2, 0.25) is 0 Å². The number of hydrogen-bond acceptors (Lipinski definition) is 5. The molecule has 0 aromatic heterocycles. The lowest BCUT2D eigenvalue weighted by molar-refractivity contribution is -0.386. The number of nitrogens with zero attached hydrogens (tertiary/aromatic N) is 1. The van der Waals surface area contributed by atoms with Gasteiger partial charge in [-0.15, -0.1) is 12.4 Å². The lowest BCUT2D eigenvalue weighted by Crippen LogP contribution is -2.27. The molecule has 1 aliphatic heterocycles. The monoisotopic (exact) mass is 302 g/mol. The Balaban J connectivity index is 0.00000200. The third kappa shape index (κ3) is 3.20. The lowest BCUT2D eigenvalue weighted by atomic mass is 9.86. The van der Waals surface area contributed by atoms with E-state index >= 15 is 0 Å². The number of phenolic OH excluding ortho intramolecular Hbond substituents is 1. The molecular weight excluding hydrogens is 284 g/mol. The van der Waals surface area contributed by atoms with Gasteiger partial charge in [-0.2, -0.15) is 0 Å². The van der Waals surface area contributed by atoms with E-state index in [4.69, 9.17) is 10.5 Å². The maximum Gasteiger partial charge on any atom is 0.313 e. The molecule has 1 heterocycles. The average Bonchev–Trinajstić information content (AvgIpc) is 2.39. The summed E-state index contributed by atoms with van der Waals surface area (Å²) >= 11 is 0. The van der Waals surface area contributed by atoms with Crippen molar-refractivity contribution in [3.8, 4) is 5.75 Å². The molecule has 3 N–H and O–H groups in total. The third-order valence-corrected chi connectivity index (χ3v) is 3.70. The summed E-state index contributed by atoms with van der Waals surface area (Å²) in [6.45, 7) is 2.89. The molecule has 0 saturated carbocycles. The summed E-state index contributed by atoms with van der Waals surface area (Å²) in [4.78, 5) is 10.4. The van der Waals surface area contributed by atoms with Crippen molar-refractivity contribution in [1.82, 2.24) is 0 Å². The van der Waals surface area contributed by atoms with Crippen molar-refractivity contribution in [1.29, 1.82) is 0 Å². The molecule has 1 saturated heterocycles. The van der Waals surface area contributed by atoms with Gasteiger partial charge in [0.05, 0.1) is 4.92 Å². The van der Waals surface area contributed by atoms with Gasteiger partial charge in [-0.1, -0.05) is 12.1 Å². The minimum absolute atomic E-state index is 0. The van der Waals surface area contributed by atoms with Crippen molar-refractivity contribution < 1.29 is 14.8 Å². The van der Waals surface area contributed by atoms with E-state index < -0.39 is 11.0 Å². The standard InChI is InChI=1S/C13H18N2O4.ClH/c1-8-2-3-10(13(16)12(8)15(17)18)11(14)9-4-6-19-7-5-9;/h2-3,9,11,16H,4-7,14H2,1H3;1H/t11-;/m1./s1. The molecule has 0 aliphatic carbocycles. The number of nitro groups is 1. The van der Waals surface area contributed by atoms with Crippen LogP contribution >= 0.6 is 12.4 Å². The van der Waals surface area contributed by atoms with Crippen LogP contribution < -0.4 is 5.73 Å². The third-order valence-electron chi connectivity index (χ3n) is 3.70. The molecule has 2 rings (SSSR count). The van der Waals surface area contributed by atoms with E-state index in [9.17, 15) is 15.2 Å². The number of nitro benzene ring substituents is 1. The zero-order valence-electron chi connectivity index (χ0n) is 11.2. The summed E-state index contributed by atoms with van der Waals surface area (Å²) in [6.07, 6.45) is 1.62. The van der Waals surface area contributed by atoms with E-state index in [0.717, 1.165) is 12.8 Å². The van der Waals surface area contributed by atoms with Gasteiger partial charge in [0, 0.05) is 30.4 Å². The van der Waals surface area contributed by atoms with Crippen LogP contribution in [0.4, 0.5) is 5.69 Å². The maximum atomic E-state index is 11.0. The number of aryl methyl sites for hydroxylation is 1. The molecule has 1 aromatic carbocycles. The van der Waals surface area contributed by atoms with E-state index in [2.05, 4.69) is 0 Å². The quantitative estimate of drug-likeness (QED) is 0.660. The van der Waals surface area contributed by atoms with Gasteiger partial charge in [0.25, 0.3) is 0 Å². The van der Waals surface area contributed by atoms with Crippen molar-refractivity contribution in [2.45, 2.75) is 25.8 Å². The fourth-order valence-corrected chi connectivity index (χ4v) is 2.52. The fraction of sp³-hybridized carbons (Fsp3) is 0.538. The molecule has 1 aliphatic rings. The van der Waals surface area contributed by atoms with Crippen LogP contribution in [-0.2, 0) is 4.74 Å². The van der Waals surface area contributed by atoms with Gasteiger partial charge in [0.1, 0.15) is 0 Å². The number of benzene rings is 1. The van der Waals surface area contributed by atoms with E-state index in [1.54, 1.807) is 19.1 Å². The van der Waals surface area contributed by atoms with Gasteiger partial charge in [-0.3, -0.25) is 10.1 Å². The van der Waals surface area contributed by atoms with Crippen molar-refractivity contribution in [2.75, 3.05) is 13.2 Å². The highest BCUT2D eigenvalue weighted by Gasteiger charge is 2.28. The molecule has 1 aromatic rings. The van der Waals surface area contributed by atoms with Crippen molar-refractivity contribution in [3.05, 3.63) is 33.4 Å². The first-order chi connectivity index (χ1) is 9.02. The highest BCUT2D eigenvalue weighted by Crippen LogP contribution is 2.39. The number of hydrogen-bond donors (Lipinski definition) is 2. The maximum absolute atomic E-state index is 11.0. The summed E-state index contributed by atoms with van der Waals surface area (Å²) in [5.41, 5.74) is 6.79. The summed E-state index contributed by atoms with van der Waals surface area (Å²) in [5, 5.41) is 21.1. The number of aromatic hydroxyl groups is 1. The first-order valence-electron chi connectivity index (χ1n) is 6.32. The molecule has 0 radical (unpaired) electrons. The highest BCUT2D eigenvalue weighted by molar-refractivity contribution is 5.85. The Morgan fingerprint density at radius 2 is 2.05 bits per heavy atom. The molecule has 7 heteroatoms. The Hall–Kier alpha value is -1.37. The Kier molecular flexibility index (Phi) is 5.74. The first kappa shape index (κ1) is 16.7. The Labute approximate surface area is 123 Å². The van der Waals surface area contributed by atoms with Crippen LogP contribution in [0.5, 0.6) is 5.75 Å². The van der Waals surface area contributed by atoms with E-state index in [-0.39, 0.29) is 29.8 Å². The zero-order valence-corrected chi connectivity index (χ0v) is 12.1. The molecule has 0 bridgehead atoms. The Bertz CT molecular complexity index is 490. The second-order valence-electron chi connectivity index (χ2n) is 4.90. The highest BCUT2D eigenvalue weighted by atomic mass is 35.5. The first-order valence-corrected chi connectivity index (χ1v) is 6.32. The largest absolute Gasteiger partial charge is 0.502 e. The van der Waals surface area contributed by atoms with Crippen LogP contribution in [0.1, 0.15) is 30.0 Å². The van der Waals surface area contributed by atoms with Gasteiger partial charge < -0.3 is 15.6 Å². The fourth-order valence-electron chi connectivity index (χ4n) is 2.52. The number of halogens is 1. The van der Waals surface area contributed by atoms with Gasteiger partial charge in [-0.05, 0) is 25.7 Å². The molecule has 1 fully saturated rings. The van der Waals surface area contributed by atoms with E-state index in [1.807, 2.05) is 0 Å². The van der Waals surface area contributed by atoms with Gasteiger partial charge >= 0.3 is 5.69 Å². The second-order valence-corrected chi connectivity index (χ2v) is 4.90. The van der Waals surface area contributed by atoms with Crippen LogP contribution in [0.15, 0.2) is 12.1 Å². The van der Waals surface area contributed by atoms with Crippen molar-refractivity contribution in [2.24, 2.45) is 11.7 Å². The van der Waals surface area contributed by atoms with Crippen molar-refractivity contribution in [3.63, 3.8) is 0 Å². The van der Waals surface area contributed by atoms with Crippen LogP contribution in [0.2, 0.25) is 0 Å². The number of ether oxygens (including phenoxy) is 1. The minimum atomic E-state index is -0.565. The minimum Gasteiger partial charge on any atom is -0.502 e. The van der Waals surface area contributed by atoms with Crippen LogP contribution in [0, 0.1) is 23.0 Å². The molecule has 0 spiro atoms. The summed E-state index contributed by atoms with van der Waals surface area (Å²) in [7, 11) is 0.